The monoisotopic (exact) mass is 278 g/mol. The van der Waals surface area contributed by atoms with Crippen molar-refractivity contribution in [3.63, 3.8) is 0 Å². The van der Waals surface area contributed by atoms with Crippen LogP contribution in [0.2, 0.25) is 0 Å². The number of H-pyrrole nitrogens is 1. The van der Waals surface area contributed by atoms with Crippen LogP contribution >= 0.6 is 11.8 Å². The Morgan fingerprint density at radius 2 is 2.06 bits per heavy atom. The molecule has 4 atom stereocenters. The molecule has 7 nitrogen and oxygen atoms in total. The van der Waals surface area contributed by atoms with E-state index in [0.717, 1.165) is 16.3 Å². The number of hydrogen-bond donors (Lipinski definition) is 4. The van der Waals surface area contributed by atoms with Gasteiger partial charge in [0.25, 0.3) is 5.56 Å². The van der Waals surface area contributed by atoms with Crippen LogP contribution in [-0.2, 0) is 0 Å². The number of rotatable bonds is 2. The maximum atomic E-state index is 13.1. The van der Waals surface area contributed by atoms with Crippen LogP contribution in [-0.4, -0.2) is 48.9 Å². The minimum atomic E-state index is -1.34. The molecule has 0 aliphatic carbocycles. The van der Waals surface area contributed by atoms with Crippen molar-refractivity contribution in [2.24, 2.45) is 0 Å². The van der Waals surface area contributed by atoms with Crippen LogP contribution in [0.5, 0.6) is 0 Å². The van der Waals surface area contributed by atoms with E-state index in [1.807, 2.05) is 0 Å². The van der Waals surface area contributed by atoms with Crippen molar-refractivity contribution in [1.82, 2.24) is 9.55 Å². The molecule has 1 aliphatic heterocycles. The standard InChI is InChI=1S/C9H11FN2O5S/c10-3-1-12(9(17)11-7(3)16)8-6(15)5(14)4(2-13)18-8/h1,4-6,8,13-15H,2H2,(H,11,16,17)/t4-,5?,6?,8+/m0/s1. The summed E-state index contributed by atoms with van der Waals surface area (Å²) in [7, 11) is 0. The van der Waals surface area contributed by atoms with Crippen molar-refractivity contribution in [2.75, 3.05) is 6.61 Å². The minimum Gasteiger partial charge on any atom is -0.395 e. The van der Waals surface area contributed by atoms with E-state index in [-0.39, 0.29) is 6.61 Å². The molecule has 0 spiro atoms. The highest BCUT2D eigenvalue weighted by molar-refractivity contribution is 8.00. The van der Waals surface area contributed by atoms with Crippen LogP contribution in [0.4, 0.5) is 4.39 Å². The maximum Gasteiger partial charge on any atom is 0.329 e. The third-order valence-electron chi connectivity index (χ3n) is 2.72. The molecule has 0 aromatic carbocycles. The Balaban J connectivity index is 2.42. The number of aliphatic hydroxyl groups is 3. The maximum absolute atomic E-state index is 13.1. The SMILES string of the molecule is O=c1[nH]c(=O)n([C@@H]2S[C@@H](CO)C(O)C2O)cc1F. The van der Waals surface area contributed by atoms with Gasteiger partial charge in [-0.05, 0) is 0 Å². The van der Waals surface area contributed by atoms with E-state index in [0.29, 0.717) is 6.20 Å². The molecule has 9 heteroatoms. The van der Waals surface area contributed by atoms with E-state index in [2.05, 4.69) is 0 Å². The van der Waals surface area contributed by atoms with Gasteiger partial charge in [0.2, 0.25) is 5.82 Å². The molecular weight excluding hydrogens is 267 g/mol. The molecular formula is C9H11FN2O5S. The quantitative estimate of drug-likeness (QED) is 0.497. The number of aromatic nitrogens is 2. The van der Waals surface area contributed by atoms with Crippen molar-refractivity contribution >= 4 is 11.8 Å². The summed E-state index contributed by atoms with van der Waals surface area (Å²) in [5.41, 5.74) is -2.03. The second kappa shape index (κ2) is 4.84. The molecule has 0 radical (unpaired) electrons. The first-order valence-corrected chi connectivity index (χ1v) is 6.03. The zero-order chi connectivity index (χ0) is 13.4. The fraction of sp³-hybridized carbons (Fsp3) is 0.556. The Morgan fingerprint density at radius 1 is 1.39 bits per heavy atom. The van der Waals surface area contributed by atoms with Crippen molar-refractivity contribution in [2.45, 2.75) is 22.8 Å². The second-order valence-electron chi connectivity index (χ2n) is 3.87. The van der Waals surface area contributed by atoms with E-state index in [9.17, 15) is 24.2 Å². The van der Waals surface area contributed by atoms with Crippen molar-refractivity contribution in [3.05, 3.63) is 32.9 Å². The van der Waals surface area contributed by atoms with E-state index in [4.69, 9.17) is 5.11 Å². The largest absolute Gasteiger partial charge is 0.395 e. The van der Waals surface area contributed by atoms with Gasteiger partial charge in [-0.25, -0.2) is 4.79 Å². The summed E-state index contributed by atoms with van der Waals surface area (Å²) in [5, 5.41) is 26.7. The summed E-state index contributed by atoms with van der Waals surface area (Å²) in [6.07, 6.45) is -1.89. The van der Waals surface area contributed by atoms with Crippen LogP contribution in [0.15, 0.2) is 15.8 Å². The lowest BCUT2D eigenvalue weighted by Gasteiger charge is -2.17. The van der Waals surface area contributed by atoms with Crippen LogP contribution < -0.4 is 11.2 Å². The normalized spacial score (nSPS) is 31.8. The summed E-state index contributed by atoms with van der Waals surface area (Å²) in [6.45, 7) is -0.389. The average Bonchev–Trinajstić information content (AvgIpc) is 2.61. The summed E-state index contributed by atoms with van der Waals surface area (Å²) >= 11 is 0.933. The van der Waals surface area contributed by atoms with E-state index >= 15 is 0 Å². The van der Waals surface area contributed by atoms with Crippen molar-refractivity contribution < 1.29 is 19.7 Å². The topological polar surface area (TPSA) is 116 Å². The summed E-state index contributed by atoms with van der Waals surface area (Å²) in [6, 6.07) is 0. The van der Waals surface area contributed by atoms with Gasteiger partial charge in [-0.15, -0.1) is 11.8 Å². The minimum absolute atomic E-state index is 0.389. The third-order valence-corrected chi connectivity index (χ3v) is 4.28. The Labute approximate surface area is 104 Å². The zero-order valence-electron chi connectivity index (χ0n) is 8.99. The number of aromatic amines is 1. The second-order valence-corrected chi connectivity index (χ2v) is 5.23. The number of thioether (sulfide) groups is 1. The van der Waals surface area contributed by atoms with Gasteiger partial charge < -0.3 is 15.3 Å². The van der Waals surface area contributed by atoms with E-state index in [1.54, 1.807) is 4.98 Å². The molecule has 1 fully saturated rings. The van der Waals surface area contributed by atoms with Gasteiger partial charge >= 0.3 is 5.69 Å². The van der Waals surface area contributed by atoms with Crippen LogP contribution in [0.1, 0.15) is 5.37 Å². The molecule has 0 bridgehead atoms. The fourth-order valence-electron chi connectivity index (χ4n) is 1.76. The molecule has 1 aliphatic rings. The van der Waals surface area contributed by atoms with Crippen LogP contribution in [0.3, 0.4) is 0 Å². The molecule has 1 aromatic heterocycles. The molecule has 2 rings (SSSR count). The molecule has 100 valence electrons. The van der Waals surface area contributed by atoms with Gasteiger partial charge in [0.15, 0.2) is 0 Å². The molecule has 2 heterocycles. The number of halogens is 1. The summed E-state index contributed by atoms with van der Waals surface area (Å²) < 4.78 is 13.9. The molecule has 2 unspecified atom stereocenters. The van der Waals surface area contributed by atoms with Crippen LogP contribution in [0.25, 0.3) is 0 Å². The molecule has 4 N–H and O–H groups in total. The highest BCUT2D eigenvalue weighted by Gasteiger charge is 2.43. The number of hydrogen-bond acceptors (Lipinski definition) is 6. The number of nitrogens with one attached hydrogen (secondary N) is 1. The molecule has 1 aromatic rings. The van der Waals surface area contributed by atoms with Gasteiger partial charge in [-0.1, -0.05) is 0 Å². The van der Waals surface area contributed by atoms with Gasteiger partial charge in [0.1, 0.15) is 11.5 Å². The lowest BCUT2D eigenvalue weighted by molar-refractivity contribution is 0.00997. The summed E-state index contributed by atoms with van der Waals surface area (Å²) in [5.74, 6) is -1.16. The van der Waals surface area contributed by atoms with Gasteiger partial charge in [0, 0.05) is 0 Å². The first kappa shape index (κ1) is 13.3. The van der Waals surface area contributed by atoms with Crippen molar-refractivity contribution in [3.8, 4) is 0 Å². The predicted octanol–water partition coefficient (Wildman–Crippen LogP) is -2.00. The third kappa shape index (κ3) is 2.09. The lowest BCUT2D eigenvalue weighted by Crippen LogP contribution is -2.38. The predicted molar refractivity (Wildman–Crippen MR) is 60.8 cm³/mol. The molecule has 0 amide bonds. The first-order chi connectivity index (χ1) is 8.45. The highest BCUT2D eigenvalue weighted by atomic mass is 32.2. The Hall–Kier alpha value is -1.16. The number of nitrogens with zero attached hydrogens (tertiary/aromatic N) is 1. The Bertz CT molecular complexity index is 559. The zero-order valence-corrected chi connectivity index (χ0v) is 9.80. The Kier molecular flexibility index (Phi) is 3.57. The van der Waals surface area contributed by atoms with E-state index < -0.39 is 39.9 Å². The lowest BCUT2D eigenvalue weighted by atomic mass is 10.1. The van der Waals surface area contributed by atoms with Gasteiger partial charge in [-0.2, -0.15) is 4.39 Å². The molecule has 1 saturated heterocycles. The number of aliphatic hydroxyl groups excluding tert-OH is 3. The Morgan fingerprint density at radius 3 is 2.61 bits per heavy atom. The highest BCUT2D eigenvalue weighted by Crippen LogP contribution is 2.40. The van der Waals surface area contributed by atoms with Gasteiger partial charge in [0.05, 0.1) is 24.2 Å². The fourth-order valence-corrected chi connectivity index (χ4v) is 3.14. The first-order valence-electron chi connectivity index (χ1n) is 5.09. The van der Waals surface area contributed by atoms with Gasteiger partial charge in [-0.3, -0.25) is 14.3 Å². The van der Waals surface area contributed by atoms with E-state index in [1.165, 1.54) is 0 Å². The van der Waals surface area contributed by atoms with Crippen molar-refractivity contribution in [1.29, 1.82) is 0 Å². The average molecular weight is 278 g/mol. The molecule has 18 heavy (non-hydrogen) atoms. The van der Waals surface area contributed by atoms with Crippen LogP contribution in [0, 0.1) is 5.82 Å². The summed E-state index contributed by atoms with van der Waals surface area (Å²) in [4.78, 5) is 24.1. The molecule has 0 saturated carbocycles. The smallest absolute Gasteiger partial charge is 0.329 e.